The van der Waals surface area contributed by atoms with Crippen LogP contribution < -0.4 is 10.9 Å². The molecule has 140 valence electrons. The molecule has 1 atom stereocenters. The third-order valence-electron chi connectivity index (χ3n) is 4.42. The molecule has 0 aliphatic heterocycles. The fourth-order valence-electron chi connectivity index (χ4n) is 2.97. The number of rotatable bonds is 5. The van der Waals surface area contributed by atoms with Gasteiger partial charge in [0.25, 0.3) is 11.5 Å². The second-order valence-electron chi connectivity index (χ2n) is 6.69. The van der Waals surface area contributed by atoms with Crippen molar-refractivity contribution in [1.82, 2.24) is 24.9 Å². The smallest absolute Gasteiger partial charge is 0.266 e. The number of aryl methyl sites for hydroxylation is 3. The van der Waals surface area contributed by atoms with Crippen molar-refractivity contribution < 1.29 is 4.79 Å². The van der Waals surface area contributed by atoms with Crippen molar-refractivity contribution in [2.45, 2.75) is 26.8 Å². The zero-order chi connectivity index (χ0) is 19.6. The number of nitrogens with one attached hydrogen (secondary N) is 1. The van der Waals surface area contributed by atoms with Gasteiger partial charge in [-0.3, -0.25) is 14.3 Å². The Bertz CT molecular complexity index is 1020. The molecule has 0 spiro atoms. The van der Waals surface area contributed by atoms with Gasteiger partial charge in [0, 0.05) is 36.5 Å². The number of hydrogen-bond acceptors (Lipinski definition) is 4. The third-order valence-corrected chi connectivity index (χ3v) is 4.42. The lowest BCUT2D eigenvalue weighted by molar-refractivity contribution is 0.0947. The lowest BCUT2D eigenvalue weighted by Crippen LogP contribution is -2.30. The normalized spacial score (nSPS) is 12.0. The highest BCUT2D eigenvalue weighted by molar-refractivity contribution is 5.94. The first-order valence-corrected chi connectivity index (χ1v) is 8.81. The predicted molar refractivity (Wildman–Crippen MR) is 104 cm³/mol. The van der Waals surface area contributed by atoms with Gasteiger partial charge in [-0.05, 0) is 45.0 Å². The van der Waals surface area contributed by atoms with Gasteiger partial charge in [0.2, 0.25) is 0 Å². The summed E-state index contributed by atoms with van der Waals surface area (Å²) >= 11 is 0. The van der Waals surface area contributed by atoms with Gasteiger partial charge in [-0.1, -0.05) is 12.1 Å². The van der Waals surface area contributed by atoms with Gasteiger partial charge in [-0.25, -0.2) is 4.68 Å². The van der Waals surface area contributed by atoms with Crippen LogP contribution in [0.3, 0.4) is 0 Å². The Labute approximate surface area is 157 Å². The number of hydrogen-bond donors (Lipinski definition) is 1. The van der Waals surface area contributed by atoms with Gasteiger partial charge in [0.05, 0.1) is 17.4 Å². The second-order valence-corrected chi connectivity index (χ2v) is 6.69. The number of benzene rings is 1. The van der Waals surface area contributed by atoms with Gasteiger partial charge < -0.3 is 5.32 Å². The van der Waals surface area contributed by atoms with Gasteiger partial charge >= 0.3 is 0 Å². The maximum atomic E-state index is 12.4. The first-order chi connectivity index (χ1) is 12.8. The van der Waals surface area contributed by atoms with E-state index in [4.69, 9.17) is 0 Å². The van der Waals surface area contributed by atoms with Crippen LogP contribution >= 0.6 is 0 Å². The molecule has 0 saturated carbocycles. The zero-order valence-corrected chi connectivity index (χ0v) is 15.9. The molecule has 0 aliphatic carbocycles. The predicted octanol–water partition coefficient (Wildman–Crippen LogP) is 2.25. The van der Waals surface area contributed by atoms with E-state index in [0.717, 1.165) is 17.0 Å². The van der Waals surface area contributed by atoms with Crippen molar-refractivity contribution in [3.05, 3.63) is 69.8 Å². The Morgan fingerprint density at radius 2 is 1.81 bits per heavy atom. The minimum atomic E-state index is -0.161. The number of nitrogens with zero attached hydrogens (tertiary/aromatic N) is 4. The molecule has 2 aromatic heterocycles. The minimum absolute atomic E-state index is 0.0664. The zero-order valence-electron chi connectivity index (χ0n) is 15.9. The summed E-state index contributed by atoms with van der Waals surface area (Å²) in [6.45, 7) is 6.47. The summed E-state index contributed by atoms with van der Waals surface area (Å²) < 4.78 is 3.21. The van der Waals surface area contributed by atoms with E-state index in [2.05, 4.69) is 15.5 Å². The van der Waals surface area contributed by atoms with Gasteiger partial charge in [0.15, 0.2) is 0 Å². The largest absolute Gasteiger partial charge is 0.350 e. The maximum absolute atomic E-state index is 12.4. The van der Waals surface area contributed by atoms with Gasteiger partial charge in [-0.2, -0.15) is 10.2 Å². The lowest BCUT2D eigenvalue weighted by atomic mass is 10.1. The molecule has 7 nitrogen and oxygen atoms in total. The average molecular weight is 365 g/mol. The summed E-state index contributed by atoms with van der Waals surface area (Å²) in [5, 5.41) is 11.6. The average Bonchev–Trinajstić information content (AvgIpc) is 3.00. The molecule has 0 aliphatic rings. The molecule has 0 unspecified atom stereocenters. The molecule has 0 saturated heterocycles. The Morgan fingerprint density at radius 3 is 2.41 bits per heavy atom. The molecule has 0 bridgehead atoms. The van der Waals surface area contributed by atoms with Crippen LogP contribution in [0.4, 0.5) is 0 Å². The van der Waals surface area contributed by atoms with Crippen molar-refractivity contribution >= 4 is 5.91 Å². The van der Waals surface area contributed by atoms with E-state index in [9.17, 15) is 9.59 Å². The quantitative estimate of drug-likeness (QED) is 0.752. The van der Waals surface area contributed by atoms with E-state index in [1.807, 2.05) is 43.7 Å². The summed E-state index contributed by atoms with van der Waals surface area (Å²) in [7, 11) is 1.61. The first kappa shape index (κ1) is 18.6. The highest BCUT2D eigenvalue weighted by Crippen LogP contribution is 2.16. The first-order valence-electron chi connectivity index (χ1n) is 8.81. The standard InChI is InChI=1S/C20H23N5O2/c1-13-11-14(2)25(22-13)15(3)12-21-20(27)17-7-5-16(6-8-17)18-9-10-19(26)24(4)23-18/h5-11,15H,12H2,1-4H3,(H,21,27)/t15-/m1/s1. The van der Waals surface area contributed by atoms with Crippen LogP contribution in [0.15, 0.2) is 47.3 Å². The van der Waals surface area contributed by atoms with E-state index in [1.165, 1.54) is 10.7 Å². The molecule has 7 heteroatoms. The van der Waals surface area contributed by atoms with Crippen LogP contribution in [0, 0.1) is 13.8 Å². The summed E-state index contributed by atoms with van der Waals surface area (Å²) in [5.41, 5.74) is 3.98. The SMILES string of the molecule is Cc1cc(C)n([C@H](C)CNC(=O)c2ccc(-c3ccc(=O)n(C)n3)cc2)n1. The van der Waals surface area contributed by atoms with Crippen LogP contribution in [0.2, 0.25) is 0 Å². The molecule has 1 N–H and O–H groups in total. The molecule has 0 fully saturated rings. The minimum Gasteiger partial charge on any atom is -0.350 e. The summed E-state index contributed by atoms with van der Waals surface area (Å²) in [6, 6.07) is 12.4. The van der Waals surface area contributed by atoms with Crippen molar-refractivity contribution in [2.75, 3.05) is 6.54 Å². The topological polar surface area (TPSA) is 81.8 Å². The van der Waals surface area contributed by atoms with Crippen LogP contribution in [0.5, 0.6) is 0 Å². The van der Waals surface area contributed by atoms with Crippen molar-refractivity contribution in [3.63, 3.8) is 0 Å². The molecular weight excluding hydrogens is 342 g/mol. The number of aromatic nitrogens is 4. The van der Waals surface area contributed by atoms with Crippen molar-refractivity contribution in [3.8, 4) is 11.3 Å². The Balaban J connectivity index is 1.66. The van der Waals surface area contributed by atoms with Crippen LogP contribution in [-0.4, -0.2) is 32.0 Å². The fourth-order valence-corrected chi connectivity index (χ4v) is 2.97. The van der Waals surface area contributed by atoms with E-state index in [-0.39, 0.29) is 17.5 Å². The van der Waals surface area contributed by atoms with Crippen LogP contribution in [-0.2, 0) is 7.05 Å². The van der Waals surface area contributed by atoms with Crippen molar-refractivity contribution in [2.24, 2.45) is 7.05 Å². The maximum Gasteiger partial charge on any atom is 0.266 e. The molecule has 0 radical (unpaired) electrons. The lowest BCUT2D eigenvalue weighted by Gasteiger charge is -2.15. The Kier molecular flexibility index (Phi) is 5.21. The molecule has 1 aromatic carbocycles. The number of amides is 1. The molecule has 27 heavy (non-hydrogen) atoms. The van der Waals surface area contributed by atoms with Crippen LogP contribution in [0.1, 0.15) is 34.7 Å². The van der Waals surface area contributed by atoms with Gasteiger partial charge in [0.1, 0.15) is 0 Å². The monoisotopic (exact) mass is 365 g/mol. The molecule has 3 aromatic rings. The molecular formula is C20H23N5O2. The third kappa shape index (κ3) is 4.13. The Hall–Kier alpha value is -3.22. The number of carbonyl (C=O) groups is 1. The van der Waals surface area contributed by atoms with Crippen molar-refractivity contribution in [1.29, 1.82) is 0 Å². The molecule has 3 rings (SSSR count). The second kappa shape index (κ2) is 7.57. The fraction of sp³-hybridized carbons (Fsp3) is 0.300. The number of carbonyl (C=O) groups excluding carboxylic acids is 1. The summed E-state index contributed by atoms with van der Waals surface area (Å²) in [4.78, 5) is 23.9. The van der Waals surface area contributed by atoms with E-state index < -0.39 is 0 Å². The van der Waals surface area contributed by atoms with E-state index in [1.54, 1.807) is 25.2 Å². The van der Waals surface area contributed by atoms with E-state index in [0.29, 0.717) is 17.8 Å². The Morgan fingerprint density at radius 1 is 1.11 bits per heavy atom. The summed E-state index contributed by atoms with van der Waals surface area (Å²) in [5.74, 6) is -0.136. The van der Waals surface area contributed by atoms with E-state index >= 15 is 0 Å². The van der Waals surface area contributed by atoms with Crippen LogP contribution in [0.25, 0.3) is 11.3 Å². The highest BCUT2D eigenvalue weighted by atomic mass is 16.1. The molecule has 1 amide bonds. The highest BCUT2D eigenvalue weighted by Gasteiger charge is 2.12. The van der Waals surface area contributed by atoms with Gasteiger partial charge in [-0.15, -0.1) is 0 Å². The summed E-state index contributed by atoms with van der Waals surface area (Å²) in [6.07, 6.45) is 0. The molecule has 2 heterocycles.